The van der Waals surface area contributed by atoms with Crippen LogP contribution in [0.5, 0.6) is 5.75 Å². The van der Waals surface area contributed by atoms with Crippen LogP contribution in [0.2, 0.25) is 0 Å². The highest BCUT2D eigenvalue weighted by molar-refractivity contribution is 7.89. The number of sulfonamides is 1. The first-order chi connectivity index (χ1) is 19.9. The Bertz CT molecular complexity index is 1640. The summed E-state index contributed by atoms with van der Waals surface area (Å²) >= 11 is 0. The average molecular weight is 588 g/mol. The summed E-state index contributed by atoms with van der Waals surface area (Å²) in [6.07, 6.45) is -0.0830. The molecule has 16 heteroatoms. The van der Waals surface area contributed by atoms with Gasteiger partial charge in [0.15, 0.2) is 5.82 Å². The molecule has 0 amide bonds. The first-order valence-corrected chi connectivity index (χ1v) is 14.4. The molecule has 216 valence electrons. The number of hydrogen-bond acceptors (Lipinski definition) is 11. The van der Waals surface area contributed by atoms with E-state index in [4.69, 9.17) is 9.47 Å². The number of halogens is 2. The molecule has 0 spiro atoms. The Labute approximate surface area is 234 Å². The Hall–Kier alpha value is -4.02. The van der Waals surface area contributed by atoms with Gasteiger partial charge in [-0.1, -0.05) is 6.07 Å². The summed E-state index contributed by atoms with van der Waals surface area (Å²) in [7, 11) is -2.28. The summed E-state index contributed by atoms with van der Waals surface area (Å²) in [5.74, 6) is 0.357. The summed E-state index contributed by atoms with van der Waals surface area (Å²) in [5, 5.41) is 0. The third-order valence-corrected chi connectivity index (χ3v) is 8.86. The first kappa shape index (κ1) is 27.2. The van der Waals surface area contributed by atoms with Crippen molar-refractivity contribution in [3.63, 3.8) is 0 Å². The first-order valence-electron chi connectivity index (χ1n) is 12.9. The van der Waals surface area contributed by atoms with E-state index in [0.29, 0.717) is 43.5 Å². The monoisotopic (exact) mass is 587 g/mol. The third-order valence-electron chi connectivity index (χ3n) is 6.98. The zero-order chi connectivity index (χ0) is 28.6. The number of hydrogen-bond donors (Lipinski definition) is 0. The molecule has 0 saturated carbocycles. The molecule has 4 aromatic rings. The van der Waals surface area contributed by atoms with Crippen LogP contribution in [-0.2, 0) is 14.8 Å². The van der Waals surface area contributed by atoms with Crippen LogP contribution in [0.15, 0.2) is 47.6 Å². The Morgan fingerprint density at radius 1 is 0.878 bits per heavy atom. The van der Waals surface area contributed by atoms with Crippen molar-refractivity contribution in [3.8, 4) is 11.7 Å². The molecular weight excluding hydrogens is 560 g/mol. The van der Waals surface area contributed by atoms with Gasteiger partial charge in [-0.3, -0.25) is 9.55 Å². The van der Waals surface area contributed by atoms with Crippen molar-refractivity contribution < 1.29 is 26.7 Å². The van der Waals surface area contributed by atoms with Crippen molar-refractivity contribution in [3.05, 3.63) is 48.5 Å². The molecule has 2 fully saturated rings. The van der Waals surface area contributed by atoms with Gasteiger partial charge < -0.3 is 19.3 Å². The fourth-order valence-corrected chi connectivity index (χ4v) is 6.27. The largest absolute Gasteiger partial charge is 0.494 e. The number of para-hydroxylation sites is 1. The molecule has 13 nitrogen and oxygen atoms in total. The highest BCUT2D eigenvalue weighted by Gasteiger charge is 2.31. The van der Waals surface area contributed by atoms with E-state index in [0.717, 1.165) is 0 Å². The second-order valence-corrected chi connectivity index (χ2v) is 11.3. The minimum atomic E-state index is -3.72. The van der Waals surface area contributed by atoms with Crippen LogP contribution < -0.4 is 14.5 Å². The number of fused-ring (bicyclic) bond motifs is 1. The molecule has 0 aliphatic carbocycles. The third kappa shape index (κ3) is 5.13. The number of ether oxygens (including phenoxy) is 2. The van der Waals surface area contributed by atoms with Crippen LogP contribution in [0.25, 0.3) is 17.0 Å². The summed E-state index contributed by atoms with van der Waals surface area (Å²) in [5.41, 5.74) is 0.617. The number of piperazine rings is 1. The van der Waals surface area contributed by atoms with Crippen molar-refractivity contribution in [2.45, 2.75) is 11.3 Å². The smallest absolute Gasteiger partial charge is 0.296 e. The summed E-state index contributed by atoms with van der Waals surface area (Å²) in [6, 6.07) is 8.06. The van der Waals surface area contributed by atoms with Crippen molar-refractivity contribution in [2.24, 2.45) is 0 Å². The maximum absolute atomic E-state index is 14.3. The van der Waals surface area contributed by atoms with Crippen LogP contribution in [0.4, 0.5) is 20.7 Å². The van der Waals surface area contributed by atoms with Gasteiger partial charge in [-0.05, 0) is 24.3 Å². The lowest BCUT2D eigenvalue weighted by molar-refractivity contribution is 0.122. The number of anilines is 2. The van der Waals surface area contributed by atoms with Gasteiger partial charge in [-0.25, -0.2) is 22.2 Å². The number of alkyl halides is 2. The van der Waals surface area contributed by atoms with Gasteiger partial charge in [0.1, 0.15) is 16.2 Å². The predicted octanol–water partition coefficient (Wildman–Crippen LogP) is 1.90. The molecule has 2 aliphatic heterocycles. The fraction of sp³-hybridized carbons (Fsp3) is 0.400. The Morgan fingerprint density at radius 2 is 1.56 bits per heavy atom. The zero-order valence-corrected chi connectivity index (χ0v) is 22.9. The van der Waals surface area contributed by atoms with Gasteiger partial charge in [-0.15, -0.1) is 0 Å². The van der Waals surface area contributed by atoms with Gasteiger partial charge in [0.05, 0.1) is 25.8 Å². The van der Waals surface area contributed by atoms with Gasteiger partial charge in [0.2, 0.25) is 27.9 Å². The van der Waals surface area contributed by atoms with Crippen molar-refractivity contribution in [1.29, 1.82) is 0 Å². The minimum Gasteiger partial charge on any atom is -0.494 e. The van der Waals surface area contributed by atoms with Crippen molar-refractivity contribution in [2.75, 3.05) is 69.4 Å². The number of rotatable bonds is 7. The second kappa shape index (κ2) is 11.1. The number of pyridine rings is 1. The van der Waals surface area contributed by atoms with E-state index in [1.807, 2.05) is 9.80 Å². The maximum atomic E-state index is 14.3. The quantitative estimate of drug-likeness (QED) is 0.314. The summed E-state index contributed by atoms with van der Waals surface area (Å²) in [4.78, 5) is 25.8. The zero-order valence-electron chi connectivity index (χ0n) is 22.1. The van der Waals surface area contributed by atoms with Crippen molar-refractivity contribution in [1.82, 2.24) is 33.8 Å². The Kier molecular flexibility index (Phi) is 7.35. The highest BCUT2D eigenvalue weighted by atomic mass is 32.2. The number of nitrogens with zero attached hydrogens (tertiary/aromatic N) is 9. The Morgan fingerprint density at radius 3 is 2.20 bits per heavy atom. The van der Waals surface area contributed by atoms with Crippen LogP contribution in [-0.4, -0.2) is 102 Å². The van der Waals surface area contributed by atoms with Gasteiger partial charge >= 0.3 is 0 Å². The average Bonchev–Trinajstić information content (AvgIpc) is 3.42. The number of morpholine rings is 1. The van der Waals surface area contributed by atoms with E-state index in [2.05, 4.69) is 24.9 Å². The maximum Gasteiger partial charge on any atom is 0.296 e. The number of benzene rings is 1. The SMILES string of the molecule is COc1cccc2c1nc(C(F)F)n2-c1nc(N2CCOCC2)nc(N2CCN(S(=O)(=O)c3cccnc3)CC2)n1. The van der Waals surface area contributed by atoms with E-state index in [1.165, 1.54) is 34.4 Å². The van der Waals surface area contributed by atoms with Gasteiger partial charge in [-0.2, -0.15) is 19.3 Å². The molecule has 1 aromatic carbocycles. The van der Waals surface area contributed by atoms with E-state index >= 15 is 0 Å². The fourth-order valence-electron chi connectivity index (χ4n) is 4.88. The normalized spacial score (nSPS) is 17.0. The number of imidazole rings is 1. The van der Waals surface area contributed by atoms with E-state index in [-0.39, 0.29) is 48.5 Å². The molecule has 5 heterocycles. The molecule has 6 rings (SSSR count). The van der Waals surface area contributed by atoms with Crippen LogP contribution in [0.1, 0.15) is 12.2 Å². The predicted molar refractivity (Wildman–Crippen MR) is 144 cm³/mol. The molecule has 2 saturated heterocycles. The lowest BCUT2D eigenvalue weighted by Gasteiger charge is -2.34. The summed E-state index contributed by atoms with van der Waals surface area (Å²) in [6.45, 7) is 2.89. The highest BCUT2D eigenvalue weighted by Crippen LogP contribution is 2.32. The van der Waals surface area contributed by atoms with Gasteiger partial charge in [0.25, 0.3) is 6.43 Å². The van der Waals surface area contributed by atoms with Crippen LogP contribution >= 0.6 is 0 Å². The van der Waals surface area contributed by atoms with Crippen molar-refractivity contribution >= 4 is 33.0 Å². The minimum absolute atomic E-state index is 0.0204. The number of aromatic nitrogens is 6. The molecular formula is C25H27F2N9O4S. The number of methoxy groups -OCH3 is 1. The molecule has 0 N–H and O–H groups in total. The lowest BCUT2D eigenvalue weighted by atomic mass is 10.3. The molecule has 0 atom stereocenters. The van der Waals surface area contributed by atoms with Crippen LogP contribution in [0.3, 0.4) is 0 Å². The summed E-state index contributed by atoms with van der Waals surface area (Å²) < 4.78 is 68.2. The lowest BCUT2D eigenvalue weighted by Crippen LogP contribution is -2.49. The topological polar surface area (TPSA) is 132 Å². The standard InChI is InChI=1S/C25H27F2N9O4S/c1-39-19-6-2-5-18-20(19)29-22(21(26)27)36(18)25-31-23(30-24(32-25)34-12-14-40-15-13-34)33-8-10-35(11-9-33)41(37,38)17-4-3-7-28-16-17/h2-7,16,21H,8-15H2,1H3. The molecule has 41 heavy (non-hydrogen) atoms. The van der Waals surface area contributed by atoms with E-state index in [1.54, 1.807) is 24.3 Å². The van der Waals surface area contributed by atoms with Gasteiger partial charge in [0, 0.05) is 51.7 Å². The molecule has 0 bridgehead atoms. The van der Waals surface area contributed by atoms with E-state index < -0.39 is 22.3 Å². The van der Waals surface area contributed by atoms with E-state index in [9.17, 15) is 17.2 Å². The molecule has 0 unspecified atom stereocenters. The molecule has 0 radical (unpaired) electrons. The molecule has 2 aliphatic rings. The second-order valence-electron chi connectivity index (χ2n) is 9.35. The molecule has 3 aromatic heterocycles. The van der Waals surface area contributed by atoms with Crippen LogP contribution in [0, 0.1) is 0 Å². The Balaban J connectivity index is 1.39.